The summed E-state index contributed by atoms with van der Waals surface area (Å²) in [4.78, 5) is 24.5. The molecule has 0 atom stereocenters. The zero-order valence-electron chi connectivity index (χ0n) is 12.4. The van der Waals surface area contributed by atoms with E-state index in [1.807, 2.05) is 6.07 Å². The van der Waals surface area contributed by atoms with Crippen molar-refractivity contribution in [2.24, 2.45) is 0 Å². The number of aliphatic carboxylic acids is 1. The number of hydrogen-bond donors (Lipinski definition) is 2. The molecule has 1 saturated heterocycles. The molecule has 0 unspecified atom stereocenters. The van der Waals surface area contributed by atoms with Gasteiger partial charge < -0.3 is 10.4 Å². The number of benzene rings is 1. The van der Waals surface area contributed by atoms with E-state index >= 15 is 0 Å². The summed E-state index contributed by atoms with van der Waals surface area (Å²) < 4.78 is 0. The van der Waals surface area contributed by atoms with E-state index in [0.717, 1.165) is 36.4 Å². The van der Waals surface area contributed by atoms with Gasteiger partial charge in [-0.1, -0.05) is 18.6 Å². The smallest absolute Gasteiger partial charge is 0.307 e. The Balaban J connectivity index is 2.19. The Morgan fingerprint density at radius 1 is 1.24 bits per heavy atom. The van der Waals surface area contributed by atoms with Crippen molar-refractivity contribution in [1.29, 1.82) is 0 Å². The lowest BCUT2D eigenvalue weighted by Gasteiger charge is -2.27. The van der Waals surface area contributed by atoms with Crippen molar-refractivity contribution in [2.75, 3.05) is 18.4 Å². The van der Waals surface area contributed by atoms with Gasteiger partial charge in [-0.05, 0) is 43.1 Å². The number of nitrogens with zero attached hydrogens (tertiary/aromatic N) is 1. The van der Waals surface area contributed by atoms with Gasteiger partial charge in [0.25, 0.3) is 0 Å². The van der Waals surface area contributed by atoms with Crippen molar-refractivity contribution in [2.45, 2.75) is 39.2 Å². The lowest BCUT2D eigenvalue weighted by molar-refractivity contribution is -0.136. The molecule has 1 aliphatic heterocycles. The van der Waals surface area contributed by atoms with Crippen LogP contribution in [0.5, 0.6) is 0 Å². The van der Waals surface area contributed by atoms with Gasteiger partial charge in [-0.2, -0.15) is 0 Å². The van der Waals surface area contributed by atoms with Crippen molar-refractivity contribution < 1.29 is 14.7 Å². The third-order valence-electron chi connectivity index (χ3n) is 3.68. The summed E-state index contributed by atoms with van der Waals surface area (Å²) >= 11 is 0. The number of hydrogen-bond acceptors (Lipinski definition) is 3. The summed E-state index contributed by atoms with van der Waals surface area (Å²) in [6.45, 7) is 4.35. The van der Waals surface area contributed by atoms with Gasteiger partial charge >= 0.3 is 5.97 Å². The van der Waals surface area contributed by atoms with E-state index < -0.39 is 5.97 Å². The lowest BCUT2D eigenvalue weighted by atomic mass is 10.0. The second kappa shape index (κ2) is 7.22. The molecule has 1 amide bonds. The highest BCUT2D eigenvalue weighted by Gasteiger charge is 2.14. The van der Waals surface area contributed by atoms with E-state index in [1.165, 1.54) is 26.2 Å². The molecule has 0 saturated carbocycles. The van der Waals surface area contributed by atoms with Gasteiger partial charge in [-0.3, -0.25) is 14.5 Å². The number of likely N-dealkylation sites (tertiary alicyclic amines) is 1. The van der Waals surface area contributed by atoms with Gasteiger partial charge in [0.2, 0.25) is 5.91 Å². The topological polar surface area (TPSA) is 69.6 Å². The van der Waals surface area contributed by atoms with Crippen LogP contribution in [0.4, 0.5) is 5.69 Å². The third-order valence-corrected chi connectivity index (χ3v) is 3.68. The van der Waals surface area contributed by atoms with Gasteiger partial charge in [-0.25, -0.2) is 0 Å². The number of anilines is 1. The largest absolute Gasteiger partial charge is 0.481 e. The molecule has 5 heteroatoms. The minimum absolute atomic E-state index is 0.00729. The maximum Gasteiger partial charge on any atom is 0.307 e. The minimum Gasteiger partial charge on any atom is -0.481 e. The average molecular weight is 290 g/mol. The zero-order chi connectivity index (χ0) is 15.2. The standard InChI is InChI=1S/C16H22N2O3/c1-12(19)17-15-6-5-13(10-16(20)21)9-14(15)11-18-7-3-2-4-8-18/h5-6,9H,2-4,7-8,10-11H2,1H3,(H,17,19)(H,20,21). The molecular weight excluding hydrogens is 268 g/mol. The van der Waals surface area contributed by atoms with Crippen LogP contribution in [0, 0.1) is 0 Å². The highest BCUT2D eigenvalue weighted by Crippen LogP contribution is 2.22. The summed E-state index contributed by atoms with van der Waals surface area (Å²) in [5.41, 5.74) is 2.54. The summed E-state index contributed by atoms with van der Waals surface area (Å²) in [5.74, 6) is -0.952. The number of piperidine rings is 1. The molecule has 0 bridgehead atoms. The quantitative estimate of drug-likeness (QED) is 0.872. The number of rotatable bonds is 5. The van der Waals surface area contributed by atoms with Crippen LogP contribution in [0.2, 0.25) is 0 Å². The summed E-state index contributed by atoms with van der Waals surface area (Å²) in [6, 6.07) is 5.46. The van der Waals surface area contributed by atoms with E-state index in [2.05, 4.69) is 10.2 Å². The Labute approximate surface area is 125 Å². The van der Waals surface area contributed by atoms with Crippen LogP contribution in [0.3, 0.4) is 0 Å². The molecule has 2 N–H and O–H groups in total. The van der Waals surface area contributed by atoms with Crippen LogP contribution in [-0.2, 0) is 22.6 Å². The van der Waals surface area contributed by atoms with Crippen LogP contribution in [-0.4, -0.2) is 35.0 Å². The van der Waals surface area contributed by atoms with E-state index in [-0.39, 0.29) is 12.3 Å². The molecule has 1 fully saturated rings. The number of carbonyl (C=O) groups excluding carboxylic acids is 1. The number of nitrogens with one attached hydrogen (secondary N) is 1. The molecule has 0 radical (unpaired) electrons. The molecule has 0 aliphatic carbocycles. The van der Waals surface area contributed by atoms with Crippen LogP contribution >= 0.6 is 0 Å². The Morgan fingerprint density at radius 2 is 1.95 bits per heavy atom. The number of carbonyl (C=O) groups is 2. The first-order valence-electron chi connectivity index (χ1n) is 7.38. The maximum atomic E-state index is 11.3. The van der Waals surface area contributed by atoms with Crippen LogP contribution in [0.1, 0.15) is 37.3 Å². The molecule has 1 aromatic rings. The molecule has 1 aromatic carbocycles. The third kappa shape index (κ3) is 4.86. The summed E-state index contributed by atoms with van der Waals surface area (Å²) in [7, 11) is 0. The second-order valence-corrected chi connectivity index (χ2v) is 5.58. The van der Waals surface area contributed by atoms with Crippen LogP contribution in [0.15, 0.2) is 18.2 Å². The fraction of sp³-hybridized carbons (Fsp3) is 0.500. The van der Waals surface area contributed by atoms with Crippen molar-refractivity contribution in [1.82, 2.24) is 4.90 Å². The number of carboxylic acid groups (broad SMARTS) is 1. The predicted molar refractivity (Wildman–Crippen MR) is 81.2 cm³/mol. The minimum atomic E-state index is -0.841. The molecular formula is C16H22N2O3. The monoisotopic (exact) mass is 290 g/mol. The molecule has 0 spiro atoms. The molecule has 1 aliphatic rings. The van der Waals surface area contributed by atoms with Crippen molar-refractivity contribution in [3.05, 3.63) is 29.3 Å². The van der Waals surface area contributed by atoms with Gasteiger partial charge in [-0.15, -0.1) is 0 Å². The predicted octanol–water partition coefficient (Wildman–Crippen LogP) is 2.26. The molecule has 2 rings (SSSR count). The van der Waals surface area contributed by atoms with Crippen molar-refractivity contribution >= 4 is 17.6 Å². The fourth-order valence-electron chi connectivity index (χ4n) is 2.73. The van der Waals surface area contributed by atoms with Crippen molar-refractivity contribution in [3.8, 4) is 0 Å². The van der Waals surface area contributed by atoms with Gasteiger partial charge in [0, 0.05) is 19.2 Å². The van der Waals surface area contributed by atoms with E-state index in [4.69, 9.17) is 5.11 Å². The van der Waals surface area contributed by atoms with E-state index in [0.29, 0.717) is 0 Å². The van der Waals surface area contributed by atoms with Crippen LogP contribution in [0.25, 0.3) is 0 Å². The molecule has 114 valence electrons. The first kappa shape index (κ1) is 15.5. The van der Waals surface area contributed by atoms with Crippen molar-refractivity contribution in [3.63, 3.8) is 0 Å². The van der Waals surface area contributed by atoms with Gasteiger partial charge in [0.15, 0.2) is 0 Å². The second-order valence-electron chi connectivity index (χ2n) is 5.58. The normalized spacial score (nSPS) is 15.7. The van der Waals surface area contributed by atoms with Gasteiger partial charge in [0.05, 0.1) is 6.42 Å². The molecule has 1 heterocycles. The number of amides is 1. The zero-order valence-corrected chi connectivity index (χ0v) is 12.4. The van der Waals surface area contributed by atoms with Crippen LogP contribution < -0.4 is 5.32 Å². The first-order chi connectivity index (χ1) is 10.0. The van der Waals surface area contributed by atoms with Gasteiger partial charge in [0.1, 0.15) is 0 Å². The highest BCUT2D eigenvalue weighted by molar-refractivity contribution is 5.89. The Bertz CT molecular complexity index is 522. The Kier molecular flexibility index (Phi) is 5.33. The fourth-order valence-corrected chi connectivity index (χ4v) is 2.73. The highest BCUT2D eigenvalue weighted by atomic mass is 16.4. The van der Waals surface area contributed by atoms with E-state index in [1.54, 1.807) is 12.1 Å². The SMILES string of the molecule is CC(=O)Nc1ccc(CC(=O)O)cc1CN1CCCCC1. The van der Waals surface area contributed by atoms with E-state index in [9.17, 15) is 9.59 Å². The molecule has 0 aromatic heterocycles. The average Bonchev–Trinajstić information content (AvgIpc) is 2.42. The maximum absolute atomic E-state index is 11.3. The molecule has 5 nitrogen and oxygen atoms in total. The lowest BCUT2D eigenvalue weighted by Crippen LogP contribution is -2.29. The molecule has 21 heavy (non-hydrogen) atoms. The Morgan fingerprint density at radius 3 is 2.57 bits per heavy atom. The number of carboxylic acids is 1. The first-order valence-corrected chi connectivity index (χ1v) is 7.38. The Hall–Kier alpha value is -1.88. The summed E-state index contributed by atoms with van der Waals surface area (Å²) in [6.07, 6.45) is 3.68. The summed E-state index contributed by atoms with van der Waals surface area (Å²) in [5, 5.41) is 11.7.